The number of non-ortho nitro benzene ring substituents is 1. The first-order chi connectivity index (χ1) is 16.3. The summed E-state index contributed by atoms with van der Waals surface area (Å²) in [6.07, 6.45) is 0. The van der Waals surface area contributed by atoms with E-state index in [0.717, 1.165) is 5.56 Å². The van der Waals surface area contributed by atoms with Crippen molar-refractivity contribution in [2.45, 2.75) is 44.2 Å². The largest absolute Gasteiger partial charge is 0.598 e. The van der Waals surface area contributed by atoms with Crippen molar-refractivity contribution in [3.05, 3.63) is 69.3 Å². The first-order valence-corrected chi connectivity index (χ1v) is 13.7. The normalized spacial score (nSPS) is 19.3. The molecule has 0 fully saturated rings. The Morgan fingerprint density at radius 1 is 1.23 bits per heavy atom. The second-order valence-corrected chi connectivity index (χ2v) is 13.6. The molecule has 12 heteroatoms. The summed E-state index contributed by atoms with van der Waals surface area (Å²) < 4.78 is 54.7. The highest BCUT2D eigenvalue weighted by Gasteiger charge is 2.48. The number of fused-ring (bicyclic) bond motifs is 1. The Balaban J connectivity index is 2.01. The van der Waals surface area contributed by atoms with Gasteiger partial charge in [0.15, 0.2) is 0 Å². The number of hydrogen-bond acceptors (Lipinski definition) is 8. The smallest absolute Gasteiger partial charge is 0.269 e. The minimum Gasteiger partial charge on any atom is -0.598 e. The quantitative estimate of drug-likeness (QED) is 0.300. The second-order valence-electron chi connectivity index (χ2n) is 9.52. The lowest BCUT2D eigenvalue weighted by Gasteiger charge is -2.41. The van der Waals surface area contributed by atoms with E-state index >= 15 is 0 Å². The second kappa shape index (κ2) is 10.4. The number of ether oxygens (including phenoxy) is 2. The lowest BCUT2D eigenvalue weighted by Crippen LogP contribution is -2.59. The minimum absolute atomic E-state index is 0.105. The van der Waals surface area contributed by atoms with E-state index in [0.29, 0.717) is 16.9 Å². The zero-order valence-electron chi connectivity index (χ0n) is 20.4. The molecule has 35 heavy (non-hydrogen) atoms. The van der Waals surface area contributed by atoms with E-state index in [1.165, 1.54) is 23.5 Å². The lowest BCUT2D eigenvalue weighted by atomic mass is 9.87. The Morgan fingerprint density at radius 3 is 2.46 bits per heavy atom. The third-order valence-electron chi connectivity index (χ3n) is 5.74. The van der Waals surface area contributed by atoms with Crippen molar-refractivity contribution in [3.63, 3.8) is 0 Å². The molecule has 0 saturated heterocycles. The van der Waals surface area contributed by atoms with Gasteiger partial charge in [-0.1, -0.05) is 12.1 Å². The zero-order chi connectivity index (χ0) is 26.0. The summed E-state index contributed by atoms with van der Waals surface area (Å²) >= 11 is -1.69. The van der Waals surface area contributed by atoms with Crippen molar-refractivity contribution in [2.24, 2.45) is 0 Å². The van der Waals surface area contributed by atoms with Crippen LogP contribution in [0.5, 0.6) is 5.75 Å². The average molecular weight is 526 g/mol. The summed E-state index contributed by atoms with van der Waals surface area (Å²) in [7, 11) is -0.930. The predicted molar refractivity (Wildman–Crippen MR) is 134 cm³/mol. The van der Waals surface area contributed by atoms with Gasteiger partial charge in [0.1, 0.15) is 16.0 Å². The molecule has 1 N–H and O–H groups in total. The molecule has 2 aromatic carbocycles. The van der Waals surface area contributed by atoms with E-state index in [9.17, 15) is 23.1 Å². The van der Waals surface area contributed by atoms with Gasteiger partial charge in [0, 0.05) is 37.1 Å². The summed E-state index contributed by atoms with van der Waals surface area (Å²) in [6, 6.07) is 11.3. The van der Waals surface area contributed by atoms with Crippen LogP contribution < -0.4 is 9.46 Å². The Bertz CT molecular complexity index is 1170. The van der Waals surface area contributed by atoms with E-state index in [4.69, 9.17) is 9.47 Å². The molecule has 3 rings (SSSR count). The number of nitrogens with zero attached hydrogens (tertiary/aromatic N) is 2. The molecule has 1 heterocycles. The van der Waals surface area contributed by atoms with Gasteiger partial charge in [-0.05, 0) is 55.7 Å². The van der Waals surface area contributed by atoms with Gasteiger partial charge in [-0.2, -0.15) is 0 Å². The van der Waals surface area contributed by atoms with Crippen LogP contribution in [0.2, 0.25) is 0 Å². The Hall–Kier alpha value is -2.22. The van der Waals surface area contributed by atoms with E-state index in [1.54, 1.807) is 58.2 Å². The van der Waals surface area contributed by atoms with Crippen molar-refractivity contribution >= 4 is 27.1 Å². The fourth-order valence-electron chi connectivity index (χ4n) is 3.73. The first-order valence-electron chi connectivity index (χ1n) is 10.9. The summed E-state index contributed by atoms with van der Waals surface area (Å²) in [5.41, 5.74) is 0.130. The summed E-state index contributed by atoms with van der Waals surface area (Å²) in [6.45, 7) is 5.43. The number of nitro groups is 1. The van der Waals surface area contributed by atoms with Crippen molar-refractivity contribution in [3.8, 4) is 5.75 Å². The molecular formula is C23H31N3O7S2. The maximum Gasteiger partial charge on any atom is 0.269 e. The van der Waals surface area contributed by atoms with Crippen molar-refractivity contribution in [2.75, 3.05) is 26.5 Å². The zero-order valence-corrected chi connectivity index (χ0v) is 22.1. The van der Waals surface area contributed by atoms with Crippen LogP contribution in [0.3, 0.4) is 0 Å². The molecule has 10 nitrogen and oxygen atoms in total. The van der Waals surface area contributed by atoms with E-state index in [-0.39, 0.29) is 25.4 Å². The van der Waals surface area contributed by atoms with Crippen LogP contribution in [-0.2, 0) is 44.8 Å². The molecule has 0 aliphatic carbocycles. The molecule has 0 amide bonds. The summed E-state index contributed by atoms with van der Waals surface area (Å²) in [4.78, 5) is 10.9. The molecule has 0 radical (unpaired) electrons. The van der Waals surface area contributed by atoms with Crippen molar-refractivity contribution < 1.29 is 27.4 Å². The maximum absolute atomic E-state index is 13.6. The van der Waals surface area contributed by atoms with Crippen LogP contribution in [0, 0.1) is 10.1 Å². The monoisotopic (exact) mass is 525 g/mol. The van der Waals surface area contributed by atoms with Gasteiger partial charge in [0.2, 0.25) is 10.0 Å². The molecule has 1 unspecified atom stereocenters. The van der Waals surface area contributed by atoms with Crippen LogP contribution in [0.4, 0.5) is 5.69 Å². The molecular weight excluding hydrogens is 494 g/mol. The standard InChI is InChI=1S/C23H31N3O7S2/c1-22(2,3)34(29)24-23(15-33-14-18-8-9-19(26(27)28)12-21(18)23)16-35(30,31)25(4)13-17-6-10-20(32-5)11-7-17/h6-12,24H,13-16H2,1-5H3/t23-,34?/m0/s1. The highest BCUT2D eigenvalue weighted by Crippen LogP contribution is 2.37. The van der Waals surface area contributed by atoms with Crippen LogP contribution in [-0.4, -0.2) is 53.5 Å². The van der Waals surface area contributed by atoms with Gasteiger partial charge in [0.25, 0.3) is 5.69 Å². The molecule has 0 saturated carbocycles. The van der Waals surface area contributed by atoms with Gasteiger partial charge in [-0.3, -0.25) is 10.1 Å². The summed E-state index contributed by atoms with van der Waals surface area (Å²) in [5, 5.41) is 11.5. The Kier molecular flexibility index (Phi) is 8.14. The average Bonchev–Trinajstić information content (AvgIpc) is 2.78. The molecule has 2 atom stereocenters. The van der Waals surface area contributed by atoms with E-state index < -0.39 is 42.3 Å². The molecule has 0 bridgehead atoms. The molecule has 1 aliphatic rings. The highest BCUT2D eigenvalue weighted by atomic mass is 32.2. The number of sulfonamides is 1. The minimum atomic E-state index is -3.94. The number of hydrogen-bond donors (Lipinski definition) is 1. The fourth-order valence-corrected chi connectivity index (χ4v) is 6.23. The first kappa shape index (κ1) is 27.4. The molecule has 0 spiro atoms. The van der Waals surface area contributed by atoms with Crippen LogP contribution in [0.15, 0.2) is 42.5 Å². The van der Waals surface area contributed by atoms with Crippen LogP contribution in [0.25, 0.3) is 0 Å². The lowest BCUT2D eigenvalue weighted by molar-refractivity contribution is -0.385. The number of benzene rings is 2. The van der Waals surface area contributed by atoms with Gasteiger partial charge in [0.05, 0.1) is 31.0 Å². The van der Waals surface area contributed by atoms with Gasteiger partial charge < -0.3 is 14.0 Å². The molecule has 0 aromatic heterocycles. The Labute approximate surface area is 209 Å². The van der Waals surface area contributed by atoms with E-state index in [1.807, 2.05) is 0 Å². The maximum atomic E-state index is 13.6. The number of rotatable bonds is 9. The van der Waals surface area contributed by atoms with Gasteiger partial charge in [-0.15, -0.1) is 4.72 Å². The van der Waals surface area contributed by atoms with Crippen molar-refractivity contribution in [1.29, 1.82) is 0 Å². The van der Waals surface area contributed by atoms with E-state index in [2.05, 4.69) is 4.72 Å². The summed E-state index contributed by atoms with van der Waals surface area (Å²) in [5.74, 6) is 0.160. The fraction of sp³-hybridized carbons (Fsp3) is 0.478. The Morgan fingerprint density at radius 2 is 1.89 bits per heavy atom. The SMILES string of the molecule is COc1ccc(CN(C)S(=O)(=O)C[C@@]2(N[S+]([O-])C(C)(C)C)COCc3ccc([N+](=O)[O-])cc32)cc1. The van der Waals surface area contributed by atoms with Crippen LogP contribution >= 0.6 is 0 Å². The third kappa shape index (κ3) is 6.32. The molecule has 192 valence electrons. The van der Waals surface area contributed by atoms with Gasteiger partial charge >= 0.3 is 0 Å². The van der Waals surface area contributed by atoms with Crippen molar-refractivity contribution in [1.82, 2.24) is 9.03 Å². The molecule has 1 aliphatic heterocycles. The van der Waals surface area contributed by atoms with Gasteiger partial charge in [-0.25, -0.2) is 12.7 Å². The third-order valence-corrected chi connectivity index (χ3v) is 9.36. The highest BCUT2D eigenvalue weighted by molar-refractivity contribution is 7.91. The van der Waals surface area contributed by atoms with Crippen LogP contribution in [0.1, 0.15) is 37.5 Å². The molecule has 2 aromatic rings. The number of nitro benzene ring substituents is 1. The number of methoxy groups -OCH3 is 1. The predicted octanol–water partition coefficient (Wildman–Crippen LogP) is 2.84. The number of nitrogens with one attached hydrogen (secondary N) is 1. The topological polar surface area (TPSA) is 134 Å².